The highest BCUT2D eigenvalue weighted by molar-refractivity contribution is 7.86. The molecule has 10 nitrogen and oxygen atoms in total. The summed E-state index contributed by atoms with van der Waals surface area (Å²) < 4.78 is 29.5. The second-order valence-electron chi connectivity index (χ2n) is 8.36. The van der Waals surface area contributed by atoms with Crippen LogP contribution in [0, 0.1) is 11.8 Å². The van der Waals surface area contributed by atoms with E-state index < -0.39 is 34.8 Å². The Morgan fingerprint density at radius 2 is 2.11 bits per heavy atom. The fourth-order valence-electron chi connectivity index (χ4n) is 4.03. The number of hydrogen-bond acceptors (Lipinski definition) is 7. The van der Waals surface area contributed by atoms with Crippen molar-refractivity contribution < 1.29 is 28.4 Å². The van der Waals surface area contributed by atoms with Gasteiger partial charge in [0, 0.05) is 38.1 Å². The van der Waals surface area contributed by atoms with Gasteiger partial charge in [0.1, 0.15) is 5.54 Å². The summed E-state index contributed by atoms with van der Waals surface area (Å²) in [6, 6.07) is -0.159. The van der Waals surface area contributed by atoms with Gasteiger partial charge in [0.2, 0.25) is 0 Å². The van der Waals surface area contributed by atoms with Crippen LogP contribution in [0.25, 0.3) is 0 Å². The van der Waals surface area contributed by atoms with Gasteiger partial charge in [0.05, 0.1) is 0 Å². The highest BCUT2D eigenvalue weighted by Crippen LogP contribution is 2.34. The Hall–Kier alpha value is -0.755. The third kappa shape index (κ3) is 5.23. The first-order valence-corrected chi connectivity index (χ1v) is 11.2. The Morgan fingerprint density at radius 1 is 1.43 bits per heavy atom. The molecule has 12 heteroatoms. The molecule has 2 aliphatic heterocycles. The molecule has 2 aliphatic rings. The Labute approximate surface area is 167 Å². The molecule has 2 saturated heterocycles. The summed E-state index contributed by atoms with van der Waals surface area (Å²) >= 11 is 0. The molecule has 2 fully saturated rings. The highest BCUT2D eigenvalue weighted by Gasteiger charge is 2.53. The van der Waals surface area contributed by atoms with E-state index in [1.165, 1.54) is 8.61 Å². The van der Waals surface area contributed by atoms with Crippen LogP contribution < -0.4 is 11.1 Å². The van der Waals surface area contributed by atoms with Crippen LogP contribution in [0.5, 0.6) is 0 Å². The average molecular weight is 420 g/mol. The molecule has 0 saturated carbocycles. The van der Waals surface area contributed by atoms with Crippen molar-refractivity contribution in [3.63, 3.8) is 0 Å². The summed E-state index contributed by atoms with van der Waals surface area (Å²) in [5.74, 6) is -1.71. The summed E-state index contributed by atoms with van der Waals surface area (Å²) in [4.78, 5) is 11.8. The quantitative estimate of drug-likeness (QED) is 0.268. The van der Waals surface area contributed by atoms with Crippen LogP contribution in [0.3, 0.4) is 0 Å². The minimum atomic E-state index is -3.87. The first-order valence-electron chi connectivity index (χ1n) is 9.84. The van der Waals surface area contributed by atoms with Gasteiger partial charge in [0.25, 0.3) is 10.2 Å². The molecule has 2 rings (SSSR count). The number of nitrogens with two attached hydrogens (primary N) is 1. The molecule has 0 bridgehead atoms. The monoisotopic (exact) mass is 420 g/mol. The molecule has 2 heterocycles. The number of rotatable bonds is 10. The van der Waals surface area contributed by atoms with Crippen molar-refractivity contribution >= 4 is 23.3 Å². The number of aliphatic carboxylic acids is 1. The van der Waals surface area contributed by atoms with Gasteiger partial charge < -0.3 is 26.2 Å². The lowest BCUT2D eigenvalue weighted by molar-refractivity contribution is -0.144. The van der Waals surface area contributed by atoms with Gasteiger partial charge in [-0.25, -0.2) is 0 Å². The molecule has 0 aromatic carbocycles. The molecule has 0 radical (unpaired) electrons. The smallest absolute Gasteiger partial charge is 0.451 e. The van der Waals surface area contributed by atoms with Crippen molar-refractivity contribution in [2.45, 2.75) is 51.0 Å². The van der Waals surface area contributed by atoms with Crippen molar-refractivity contribution in [2.24, 2.45) is 17.6 Å². The number of nitrogens with zero attached hydrogens (tertiary/aromatic N) is 2. The van der Waals surface area contributed by atoms with Crippen LogP contribution in [0.1, 0.15) is 33.1 Å². The SMILES string of the molecule is CC(C)CN([C@@H]1CCNC1)S(=O)(=O)N1C[C@H](CCCB(O)O)[C@](N)(C(=O)O)C1. The van der Waals surface area contributed by atoms with Gasteiger partial charge in [-0.2, -0.15) is 17.0 Å². The number of nitrogens with one attached hydrogen (secondary N) is 1. The lowest BCUT2D eigenvalue weighted by atomic mass is 9.78. The molecular weight excluding hydrogens is 387 g/mol. The standard InChI is InChI=1S/C16H33BN4O6S/c1-12(2)9-21(14-5-7-19-8-14)28(26,27)20-10-13(4-3-6-17(24)25)16(18,11-20)15(22)23/h12-14,19,24-25H,3-11,18H2,1-2H3,(H,22,23)/t13-,14+,16-/m0/s1. The van der Waals surface area contributed by atoms with Gasteiger partial charge in [-0.1, -0.05) is 20.3 Å². The predicted molar refractivity (Wildman–Crippen MR) is 106 cm³/mol. The molecule has 0 aromatic heterocycles. The summed E-state index contributed by atoms with van der Waals surface area (Å²) in [7, 11) is -5.35. The summed E-state index contributed by atoms with van der Waals surface area (Å²) in [5.41, 5.74) is 4.45. The third-order valence-electron chi connectivity index (χ3n) is 5.61. The maximum Gasteiger partial charge on any atom is 0.451 e. The largest absolute Gasteiger partial charge is 0.480 e. The Kier molecular flexibility index (Phi) is 7.87. The van der Waals surface area contributed by atoms with E-state index in [0.717, 1.165) is 6.54 Å². The van der Waals surface area contributed by atoms with Crippen LogP contribution in [0.15, 0.2) is 0 Å². The van der Waals surface area contributed by atoms with Crippen LogP contribution in [-0.2, 0) is 15.0 Å². The molecule has 0 unspecified atom stereocenters. The normalized spacial score (nSPS) is 29.1. The van der Waals surface area contributed by atoms with E-state index >= 15 is 0 Å². The number of hydrogen-bond donors (Lipinski definition) is 5. The number of carboxylic acid groups (broad SMARTS) is 1. The van der Waals surface area contributed by atoms with Crippen LogP contribution in [-0.4, -0.2) is 89.6 Å². The number of carbonyl (C=O) groups is 1. The Bertz CT molecular complexity index is 643. The van der Waals surface area contributed by atoms with Crippen molar-refractivity contribution in [1.82, 2.24) is 13.9 Å². The summed E-state index contributed by atoms with van der Waals surface area (Å²) in [6.07, 6.45) is 1.46. The zero-order valence-electron chi connectivity index (χ0n) is 16.6. The predicted octanol–water partition coefficient (Wildman–Crippen LogP) is -1.48. The van der Waals surface area contributed by atoms with Crippen molar-refractivity contribution in [2.75, 3.05) is 32.7 Å². The fourth-order valence-corrected chi connectivity index (χ4v) is 6.12. The minimum absolute atomic E-state index is 0.0153. The fraction of sp³-hybridized carbons (Fsp3) is 0.938. The van der Waals surface area contributed by atoms with Crippen LogP contribution in [0.2, 0.25) is 6.32 Å². The van der Waals surface area contributed by atoms with Gasteiger partial charge in [-0.15, -0.1) is 0 Å². The van der Waals surface area contributed by atoms with Gasteiger partial charge in [0.15, 0.2) is 0 Å². The summed E-state index contributed by atoms with van der Waals surface area (Å²) in [5, 5.41) is 30.9. The van der Waals surface area contributed by atoms with Crippen LogP contribution in [0.4, 0.5) is 0 Å². The minimum Gasteiger partial charge on any atom is -0.480 e. The van der Waals surface area contributed by atoms with E-state index in [4.69, 9.17) is 15.8 Å². The zero-order valence-corrected chi connectivity index (χ0v) is 17.4. The molecule has 6 N–H and O–H groups in total. The van der Waals surface area contributed by atoms with Gasteiger partial charge in [-0.3, -0.25) is 4.79 Å². The topological polar surface area (TPSA) is 156 Å². The van der Waals surface area contributed by atoms with Crippen molar-refractivity contribution in [3.8, 4) is 0 Å². The van der Waals surface area contributed by atoms with E-state index in [2.05, 4.69) is 5.32 Å². The average Bonchev–Trinajstić information content (AvgIpc) is 3.21. The van der Waals surface area contributed by atoms with Crippen LogP contribution >= 0.6 is 0 Å². The molecule has 0 amide bonds. The molecule has 0 aliphatic carbocycles. The molecule has 162 valence electrons. The summed E-state index contributed by atoms with van der Waals surface area (Å²) in [6.45, 7) is 5.30. The van der Waals surface area contributed by atoms with E-state index in [9.17, 15) is 18.3 Å². The number of carboxylic acids is 1. The van der Waals surface area contributed by atoms with E-state index in [0.29, 0.717) is 32.4 Å². The highest BCUT2D eigenvalue weighted by atomic mass is 32.2. The van der Waals surface area contributed by atoms with E-state index in [1.807, 2.05) is 13.8 Å². The first-order chi connectivity index (χ1) is 13.0. The van der Waals surface area contributed by atoms with Crippen molar-refractivity contribution in [3.05, 3.63) is 0 Å². The van der Waals surface area contributed by atoms with E-state index in [-0.39, 0.29) is 31.4 Å². The molecule has 28 heavy (non-hydrogen) atoms. The lowest BCUT2D eigenvalue weighted by Gasteiger charge is -2.33. The maximum atomic E-state index is 13.4. The van der Waals surface area contributed by atoms with Crippen molar-refractivity contribution in [1.29, 1.82) is 0 Å². The second-order valence-corrected chi connectivity index (χ2v) is 10.2. The molecule has 0 aromatic rings. The van der Waals surface area contributed by atoms with E-state index in [1.54, 1.807) is 0 Å². The Morgan fingerprint density at radius 3 is 2.61 bits per heavy atom. The Balaban J connectivity index is 2.22. The third-order valence-corrected chi connectivity index (χ3v) is 7.58. The lowest BCUT2D eigenvalue weighted by Crippen LogP contribution is -2.56. The van der Waals surface area contributed by atoms with Gasteiger partial charge >= 0.3 is 13.1 Å². The van der Waals surface area contributed by atoms with Gasteiger partial charge in [-0.05, 0) is 31.6 Å². The molecular formula is C16H33BN4O6S. The molecule has 3 atom stereocenters. The zero-order chi connectivity index (χ0) is 21.1. The first kappa shape index (κ1) is 23.5. The maximum absolute atomic E-state index is 13.4. The molecule has 0 spiro atoms. The second kappa shape index (κ2) is 9.37.